The summed E-state index contributed by atoms with van der Waals surface area (Å²) in [5.41, 5.74) is 2.28. The van der Waals surface area contributed by atoms with Crippen molar-refractivity contribution in [1.29, 1.82) is 5.26 Å². The Hall–Kier alpha value is -4.24. The van der Waals surface area contributed by atoms with E-state index in [9.17, 15) is 10.1 Å². The van der Waals surface area contributed by atoms with Gasteiger partial charge >= 0.3 is 0 Å². The molecule has 0 spiro atoms. The molecule has 6 nitrogen and oxygen atoms in total. The molecule has 0 saturated heterocycles. The quantitative estimate of drug-likeness (QED) is 0.326. The molecule has 6 heteroatoms. The highest BCUT2D eigenvalue weighted by Crippen LogP contribution is 2.29. The Kier molecular flexibility index (Phi) is 8.49. The number of amides is 1. The summed E-state index contributed by atoms with van der Waals surface area (Å²) in [5.74, 6) is 1.37. The van der Waals surface area contributed by atoms with Crippen LogP contribution in [0.25, 0.3) is 6.08 Å². The van der Waals surface area contributed by atoms with Crippen LogP contribution in [0.4, 0.5) is 5.69 Å². The molecule has 0 aromatic heterocycles. The second kappa shape index (κ2) is 12.0. The van der Waals surface area contributed by atoms with Crippen LogP contribution in [0.5, 0.6) is 17.2 Å². The van der Waals surface area contributed by atoms with Gasteiger partial charge in [0.05, 0.1) is 13.2 Å². The summed E-state index contributed by atoms with van der Waals surface area (Å²) in [6.45, 7) is 5.22. The number of rotatable bonds is 10. The third-order valence-corrected chi connectivity index (χ3v) is 4.60. The lowest BCUT2D eigenvalue weighted by Gasteiger charge is -2.11. The van der Waals surface area contributed by atoms with E-state index in [1.165, 1.54) is 6.08 Å². The number of hydrogen-bond acceptors (Lipinski definition) is 5. The fourth-order valence-electron chi connectivity index (χ4n) is 3.05. The topological polar surface area (TPSA) is 80.6 Å². The highest BCUT2D eigenvalue weighted by atomic mass is 16.5. The highest BCUT2D eigenvalue weighted by molar-refractivity contribution is 6.09. The van der Waals surface area contributed by atoms with Crippen molar-refractivity contribution in [3.8, 4) is 23.3 Å². The van der Waals surface area contributed by atoms with Gasteiger partial charge in [-0.2, -0.15) is 5.26 Å². The lowest BCUT2D eigenvalue weighted by molar-refractivity contribution is -0.112. The van der Waals surface area contributed by atoms with Crippen LogP contribution in [-0.2, 0) is 11.4 Å². The van der Waals surface area contributed by atoms with Crippen LogP contribution in [0.3, 0.4) is 0 Å². The molecule has 0 aliphatic rings. The van der Waals surface area contributed by atoms with Crippen LogP contribution in [0.2, 0.25) is 0 Å². The molecule has 0 atom stereocenters. The van der Waals surface area contributed by atoms with Gasteiger partial charge in [0.15, 0.2) is 11.5 Å². The van der Waals surface area contributed by atoms with E-state index in [2.05, 4.69) is 5.32 Å². The van der Waals surface area contributed by atoms with E-state index in [4.69, 9.17) is 14.2 Å². The molecular formula is C27H26N2O4. The second-order valence-corrected chi connectivity index (χ2v) is 6.99. The summed E-state index contributed by atoms with van der Waals surface area (Å²) < 4.78 is 16.9. The van der Waals surface area contributed by atoms with Crippen molar-refractivity contribution < 1.29 is 19.0 Å². The van der Waals surface area contributed by atoms with Gasteiger partial charge in [-0.3, -0.25) is 4.79 Å². The molecule has 0 heterocycles. The first-order valence-corrected chi connectivity index (χ1v) is 10.7. The first-order chi connectivity index (χ1) is 16.1. The van der Waals surface area contributed by atoms with Gasteiger partial charge in [-0.1, -0.05) is 36.4 Å². The normalized spacial score (nSPS) is 10.8. The van der Waals surface area contributed by atoms with E-state index in [-0.39, 0.29) is 5.57 Å². The summed E-state index contributed by atoms with van der Waals surface area (Å²) >= 11 is 0. The smallest absolute Gasteiger partial charge is 0.266 e. The maximum absolute atomic E-state index is 12.6. The molecule has 3 aromatic rings. The van der Waals surface area contributed by atoms with Gasteiger partial charge in [0, 0.05) is 5.69 Å². The molecule has 0 bridgehead atoms. The van der Waals surface area contributed by atoms with Gasteiger partial charge in [-0.05, 0) is 67.4 Å². The zero-order valence-corrected chi connectivity index (χ0v) is 18.7. The average molecular weight is 443 g/mol. The molecule has 0 radical (unpaired) electrons. The van der Waals surface area contributed by atoms with Crippen molar-refractivity contribution >= 4 is 17.7 Å². The summed E-state index contributed by atoms with van der Waals surface area (Å²) in [5, 5.41) is 12.3. The van der Waals surface area contributed by atoms with Crippen molar-refractivity contribution in [1.82, 2.24) is 0 Å². The SMILES string of the molecule is CCOc1ccc(/C=C(\C#N)C(=O)Nc2ccc(OCc3ccccc3)cc2)cc1OCC. The molecule has 168 valence electrons. The van der Waals surface area contributed by atoms with Crippen LogP contribution in [-0.4, -0.2) is 19.1 Å². The number of ether oxygens (including phenoxy) is 3. The van der Waals surface area contributed by atoms with Crippen molar-refractivity contribution in [2.24, 2.45) is 0 Å². The fourth-order valence-corrected chi connectivity index (χ4v) is 3.05. The minimum absolute atomic E-state index is 0.0222. The summed E-state index contributed by atoms with van der Waals surface area (Å²) in [6.07, 6.45) is 1.52. The van der Waals surface area contributed by atoms with E-state index in [0.717, 1.165) is 5.56 Å². The second-order valence-electron chi connectivity index (χ2n) is 6.99. The fraction of sp³-hybridized carbons (Fsp3) is 0.185. The molecule has 33 heavy (non-hydrogen) atoms. The Morgan fingerprint density at radius 1 is 0.909 bits per heavy atom. The van der Waals surface area contributed by atoms with E-state index >= 15 is 0 Å². The molecule has 3 rings (SSSR count). The molecule has 0 saturated carbocycles. The van der Waals surface area contributed by atoms with Crippen LogP contribution >= 0.6 is 0 Å². The maximum Gasteiger partial charge on any atom is 0.266 e. The number of nitrogens with zero attached hydrogens (tertiary/aromatic N) is 1. The Morgan fingerprint density at radius 3 is 2.27 bits per heavy atom. The molecule has 0 unspecified atom stereocenters. The van der Waals surface area contributed by atoms with Gasteiger partial charge in [0.1, 0.15) is 24.0 Å². The Labute approximate surface area is 194 Å². The number of nitrogens with one attached hydrogen (secondary N) is 1. The van der Waals surface area contributed by atoms with Gasteiger partial charge < -0.3 is 19.5 Å². The maximum atomic E-state index is 12.6. The van der Waals surface area contributed by atoms with Crippen molar-refractivity contribution in [3.63, 3.8) is 0 Å². The number of nitriles is 1. The Balaban J connectivity index is 1.66. The Bertz CT molecular complexity index is 1130. The van der Waals surface area contributed by atoms with Crippen LogP contribution < -0.4 is 19.5 Å². The number of carbonyl (C=O) groups is 1. The van der Waals surface area contributed by atoms with Gasteiger partial charge in [-0.25, -0.2) is 0 Å². The minimum Gasteiger partial charge on any atom is -0.490 e. The van der Waals surface area contributed by atoms with Crippen LogP contribution in [0, 0.1) is 11.3 Å². The molecule has 0 aliphatic carbocycles. The first-order valence-electron chi connectivity index (χ1n) is 10.7. The molecule has 1 amide bonds. The number of benzene rings is 3. The predicted molar refractivity (Wildman–Crippen MR) is 128 cm³/mol. The van der Waals surface area contributed by atoms with Gasteiger partial charge in [0.25, 0.3) is 5.91 Å². The van der Waals surface area contributed by atoms with Crippen LogP contribution in [0.15, 0.2) is 78.4 Å². The van der Waals surface area contributed by atoms with Gasteiger partial charge in [-0.15, -0.1) is 0 Å². The van der Waals surface area contributed by atoms with Crippen LogP contribution in [0.1, 0.15) is 25.0 Å². The van der Waals surface area contributed by atoms with E-state index < -0.39 is 5.91 Å². The zero-order chi connectivity index (χ0) is 23.5. The summed E-state index contributed by atoms with van der Waals surface area (Å²) in [4.78, 5) is 12.6. The minimum atomic E-state index is -0.498. The first kappa shape index (κ1) is 23.4. The zero-order valence-electron chi connectivity index (χ0n) is 18.7. The van der Waals surface area contributed by atoms with Crippen molar-refractivity contribution in [2.45, 2.75) is 20.5 Å². The summed E-state index contributed by atoms with van der Waals surface area (Å²) in [7, 11) is 0. The van der Waals surface area contributed by atoms with E-state index in [0.29, 0.717) is 48.3 Å². The largest absolute Gasteiger partial charge is 0.490 e. The number of carbonyl (C=O) groups excluding carboxylic acids is 1. The molecule has 1 N–H and O–H groups in total. The number of anilines is 1. The standard InChI is InChI=1S/C27H26N2O4/c1-3-31-25-15-10-21(17-26(25)32-4-2)16-22(18-28)27(30)29-23-11-13-24(14-12-23)33-19-20-8-6-5-7-9-20/h5-17H,3-4,19H2,1-2H3,(H,29,30)/b22-16+. The molecule has 0 fully saturated rings. The van der Waals surface area contributed by atoms with E-state index in [1.54, 1.807) is 42.5 Å². The van der Waals surface area contributed by atoms with Gasteiger partial charge in [0.2, 0.25) is 0 Å². The summed E-state index contributed by atoms with van der Waals surface area (Å²) in [6, 6.07) is 24.1. The predicted octanol–water partition coefficient (Wildman–Crippen LogP) is 5.61. The molecular weight excluding hydrogens is 416 g/mol. The third-order valence-electron chi connectivity index (χ3n) is 4.60. The molecule has 0 aliphatic heterocycles. The number of hydrogen-bond donors (Lipinski definition) is 1. The lowest BCUT2D eigenvalue weighted by Crippen LogP contribution is -2.13. The van der Waals surface area contributed by atoms with Crippen molar-refractivity contribution in [2.75, 3.05) is 18.5 Å². The monoisotopic (exact) mass is 442 g/mol. The molecule has 3 aromatic carbocycles. The Morgan fingerprint density at radius 2 is 1.61 bits per heavy atom. The third kappa shape index (κ3) is 6.88. The highest BCUT2D eigenvalue weighted by Gasteiger charge is 2.11. The van der Waals surface area contributed by atoms with Crippen molar-refractivity contribution in [3.05, 3.63) is 89.5 Å². The average Bonchev–Trinajstić information content (AvgIpc) is 2.84. The van der Waals surface area contributed by atoms with E-state index in [1.807, 2.05) is 50.2 Å². The lowest BCUT2D eigenvalue weighted by atomic mass is 10.1.